The quantitative estimate of drug-likeness (QED) is 0.572. The van der Waals surface area contributed by atoms with Gasteiger partial charge >= 0.3 is 7.12 Å². The molecule has 7 heteroatoms. The average Bonchev–Trinajstić information content (AvgIpc) is 2.72. The Balaban J connectivity index is 1.81. The second-order valence-electron chi connectivity index (χ2n) is 6.56. The van der Waals surface area contributed by atoms with Crippen molar-refractivity contribution in [3.63, 3.8) is 0 Å². The van der Waals surface area contributed by atoms with Gasteiger partial charge in [-0.1, -0.05) is 6.07 Å². The van der Waals surface area contributed by atoms with Gasteiger partial charge in [-0.3, -0.25) is 0 Å². The van der Waals surface area contributed by atoms with Crippen LogP contribution in [-0.2, 0) is 14.0 Å². The lowest BCUT2D eigenvalue weighted by Gasteiger charge is -2.32. The van der Waals surface area contributed by atoms with E-state index in [2.05, 4.69) is 4.98 Å². The van der Waals surface area contributed by atoms with Crippen LogP contribution in [0.3, 0.4) is 0 Å². The lowest BCUT2D eigenvalue weighted by atomic mass is 9.80. The first kappa shape index (κ1) is 18.2. The zero-order valence-corrected chi connectivity index (χ0v) is 14.4. The van der Waals surface area contributed by atoms with E-state index in [1.54, 1.807) is 6.20 Å². The molecule has 1 aromatic rings. The molecule has 2 heterocycles. The molecule has 6 nitrogen and oxygen atoms in total. The van der Waals surface area contributed by atoms with E-state index in [1.165, 1.54) is 0 Å². The van der Waals surface area contributed by atoms with Gasteiger partial charge in [0.2, 0.25) is 5.88 Å². The molecule has 0 saturated carbocycles. The Morgan fingerprint density at radius 3 is 2.35 bits per heavy atom. The van der Waals surface area contributed by atoms with Gasteiger partial charge in [-0.05, 0) is 33.8 Å². The summed E-state index contributed by atoms with van der Waals surface area (Å²) >= 11 is 0. The van der Waals surface area contributed by atoms with E-state index >= 15 is 0 Å². The Hall–Kier alpha value is -1.15. The van der Waals surface area contributed by atoms with Crippen molar-refractivity contribution in [3.8, 4) is 5.88 Å². The maximum atomic E-state index is 8.59. The second kappa shape index (κ2) is 7.62. The third-order valence-corrected chi connectivity index (χ3v) is 4.20. The number of nitrogens with zero attached hydrogens (tertiary/aromatic N) is 1. The van der Waals surface area contributed by atoms with Crippen molar-refractivity contribution in [1.82, 2.24) is 4.98 Å². The summed E-state index contributed by atoms with van der Waals surface area (Å²) in [7, 11) is -0.409. The molecule has 0 spiro atoms. The van der Waals surface area contributed by atoms with Crippen LogP contribution in [0.25, 0.3) is 0 Å². The molecule has 23 heavy (non-hydrogen) atoms. The first-order valence-corrected chi connectivity index (χ1v) is 7.99. The number of hydrogen-bond acceptors (Lipinski definition) is 6. The molecule has 1 fully saturated rings. The fourth-order valence-corrected chi connectivity index (χ4v) is 2.10. The number of pyridine rings is 1. The summed E-state index contributed by atoms with van der Waals surface area (Å²) in [6.45, 7) is 9.59. The molecule has 1 N–H and O–H groups in total. The smallest absolute Gasteiger partial charge is 0.478 e. The van der Waals surface area contributed by atoms with Crippen molar-refractivity contribution in [2.45, 2.75) is 45.3 Å². The Morgan fingerprint density at radius 2 is 1.78 bits per heavy atom. The summed E-state index contributed by atoms with van der Waals surface area (Å²) in [5.74, 6) is 0.562. The summed E-state index contributed by atoms with van der Waals surface area (Å²) in [5, 5.41) is 8.59. The largest absolute Gasteiger partial charge is 0.496 e. The summed E-state index contributed by atoms with van der Waals surface area (Å²) in [5.41, 5.74) is 0.158. The third-order valence-electron chi connectivity index (χ3n) is 4.20. The molecule has 0 aliphatic carbocycles. The van der Waals surface area contributed by atoms with Gasteiger partial charge in [0.15, 0.2) is 0 Å². The number of aromatic nitrogens is 1. The monoisotopic (exact) mass is 323 g/mol. The molecule has 0 bridgehead atoms. The molecular weight excluding hydrogens is 297 g/mol. The summed E-state index contributed by atoms with van der Waals surface area (Å²) in [6.07, 6.45) is 2.47. The van der Waals surface area contributed by atoms with Gasteiger partial charge in [0.1, 0.15) is 0 Å². The Labute approximate surface area is 138 Å². The number of rotatable bonds is 8. The fourth-order valence-electron chi connectivity index (χ4n) is 2.10. The Bertz CT molecular complexity index is 476. The van der Waals surface area contributed by atoms with E-state index in [4.69, 9.17) is 23.9 Å². The normalized spacial score (nSPS) is 19.1. The van der Waals surface area contributed by atoms with Gasteiger partial charge in [-0.25, -0.2) is 4.98 Å². The summed E-state index contributed by atoms with van der Waals surface area (Å²) in [4.78, 5) is 4.29. The predicted octanol–water partition coefficient (Wildman–Crippen LogP) is 1.16. The molecule has 1 saturated heterocycles. The van der Waals surface area contributed by atoms with Crippen molar-refractivity contribution < 1.29 is 23.9 Å². The zero-order chi connectivity index (χ0) is 16.9. The summed E-state index contributed by atoms with van der Waals surface area (Å²) in [6, 6.07) is 3.72. The van der Waals surface area contributed by atoms with Crippen LogP contribution in [0.2, 0.25) is 0 Å². The first-order valence-electron chi connectivity index (χ1n) is 7.99. The minimum Gasteiger partial charge on any atom is -0.478 e. The molecule has 0 amide bonds. The molecule has 0 atom stereocenters. The van der Waals surface area contributed by atoms with Crippen molar-refractivity contribution in [3.05, 3.63) is 18.3 Å². The SMILES string of the molecule is CC1(C)OB(c2ccc(OCCCOCCO)nc2)OC1(C)C. The fraction of sp³-hybridized carbons (Fsp3) is 0.688. The molecule has 128 valence electrons. The highest BCUT2D eigenvalue weighted by molar-refractivity contribution is 6.62. The van der Waals surface area contributed by atoms with E-state index < -0.39 is 7.12 Å². The van der Waals surface area contributed by atoms with Gasteiger partial charge in [0.05, 0.1) is 31.0 Å². The minimum atomic E-state index is -0.409. The van der Waals surface area contributed by atoms with E-state index in [0.717, 1.165) is 11.9 Å². The van der Waals surface area contributed by atoms with E-state index in [-0.39, 0.29) is 17.8 Å². The van der Waals surface area contributed by atoms with Gasteiger partial charge in [0.25, 0.3) is 0 Å². The maximum Gasteiger partial charge on any atom is 0.496 e. The lowest BCUT2D eigenvalue weighted by Crippen LogP contribution is -2.41. The van der Waals surface area contributed by atoms with Crippen molar-refractivity contribution in [2.24, 2.45) is 0 Å². The van der Waals surface area contributed by atoms with Crippen LogP contribution in [0.4, 0.5) is 0 Å². The topological polar surface area (TPSA) is 70.0 Å². The minimum absolute atomic E-state index is 0.0444. The average molecular weight is 323 g/mol. The maximum absolute atomic E-state index is 8.59. The van der Waals surface area contributed by atoms with E-state index in [1.807, 2.05) is 39.8 Å². The van der Waals surface area contributed by atoms with E-state index in [9.17, 15) is 0 Å². The first-order chi connectivity index (χ1) is 10.9. The molecule has 1 aliphatic rings. The molecule has 0 aromatic carbocycles. The second-order valence-corrected chi connectivity index (χ2v) is 6.56. The molecule has 0 radical (unpaired) electrons. The molecule has 0 unspecified atom stereocenters. The highest BCUT2D eigenvalue weighted by atomic mass is 16.7. The predicted molar refractivity (Wildman–Crippen MR) is 88.0 cm³/mol. The van der Waals surface area contributed by atoms with E-state index in [0.29, 0.717) is 25.7 Å². The highest BCUT2D eigenvalue weighted by Crippen LogP contribution is 2.36. The van der Waals surface area contributed by atoms with Crippen LogP contribution in [0.5, 0.6) is 5.88 Å². The molecular formula is C16H26BNO5. The zero-order valence-electron chi connectivity index (χ0n) is 14.4. The van der Waals surface area contributed by atoms with Gasteiger partial charge in [0, 0.05) is 24.7 Å². The van der Waals surface area contributed by atoms with Gasteiger partial charge in [-0.2, -0.15) is 0 Å². The van der Waals surface area contributed by atoms with Crippen LogP contribution in [-0.4, -0.2) is 54.8 Å². The highest BCUT2D eigenvalue weighted by Gasteiger charge is 2.51. The van der Waals surface area contributed by atoms with Crippen LogP contribution >= 0.6 is 0 Å². The van der Waals surface area contributed by atoms with Crippen molar-refractivity contribution in [2.75, 3.05) is 26.4 Å². The number of hydrogen-bond donors (Lipinski definition) is 1. The molecule has 1 aromatic heterocycles. The van der Waals surface area contributed by atoms with Crippen LogP contribution in [0.1, 0.15) is 34.1 Å². The van der Waals surface area contributed by atoms with Crippen LogP contribution in [0.15, 0.2) is 18.3 Å². The molecule has 2 rings (SSSR count). The number of aliphatic hydroxyl groups excluding tert-OH is 1. The van der Waals surface area contributed by atoms with Crippen LogP contribution < -0.4 is 10.2 Å². The third kappa shape index (κ3) is 4.67. The standard InChI is InChI=1S/C16H26BNO5/c1-15(2)16(3,4)23-17(22-15)13-6-7-14(18-12-13)21-10-5-9-20-11-8-19/h6-7,12,19H,5,8-11H2,1-4H3. The lowest BCUT2D eigenvalue weighted by molar-refractivity contribution is 0.00578. The van der Waals surface area contributed by atoms with Crippen molar-refractivity contribution >= 4 is 12.6 Å². The Morgan fingerprint density at radius 1 is 1.09 bits per heavy atom. The van der Waals surface area contributed by atoms with Crippen LogP contribution in [0, 0.1) is 0 Å². The van der Waals surface area contributed by atoms with Crippen molar-refractivity contribution in [1.29, 1.82) is 0 Å². The number of aliphatic hydroxyl groups is 1. The Kier molecular flexibility index (Phi) is 6.03. The van der Waals surface area contributed by atoms with Gasteiger partial charge < -0.3 is 23.9 Å². The number of ether oxygens (including phenoxy) is 2. The summed E-state index contributed by atoms with van der Waals surface area (Å²) < 4.78 is 22.7. The van der Waals surface area contributed by atoms with Gasteiger partial charge in [-0.15, -0.1) is 0 Å². The molecule has 1 aliphatic heterocycles.